The van der Waals surface area contributed by atoms with Crippen molar-refractivity contribution in [2.75, 3.05) is 0 Å². The zero-order valence-corrected chi connectivity index (χ0v) is 12.9. The van der Waals surface area contributed by atoms with E-state index in [1.807, 2.05) is 6.92 Å². The summed E-state index contributed by atoms with van der Waals surface area (Å²) < 4.78 is 56.6. The Morgan fingerprint density at radius 3 is 2.27 bits per heavy atom. The molecular formula is C12H16F3N3O3S. The van der Waals surface area contributed by atoms with Gasteiger partial charge in [-0.3, -0.25) is 4.79 Å². The summed E-state index contributed by atoms with van der Waals surface area (Å²) in [6.45, 7) is 5.04. The van der Waals surface area contributed by atoms with Gasteiger partial charge in [0.05, 0.1) is 16.1 Å². The predicted octanol–water partition coefficient (Wildman–Crippen LogP) is 1.27. The lowest BCUT2D eigenvalue weighted by molar-refractivity contribution is -0.156. The number of aromatic nitrogens is 2. The number of carbonyl (C=O) groups is 1. The molecule has 0 radical (unpaired) electrons. The van der Waals surface area contributed by atoms with Crippen molar-refractivity contribution >= 4 is 16.3 Å². The molecule has 10 heteroatoms. The van der Waals surface area contributed by atoms with Crippen LogP contribution in [0.4, 0.5) is 13.2 Å². The van der Waals surface area contributed by atoms with Crippen molar-refractivity contribution in [2.45, 2.75) is 50.7 Å². The molecule has 1 aromatic heterocycles. The van der Waals surface area contributed by atoms with Crippen molar-refractivity contribution < 1.29 is 26.4 Å². The van der Waals surface area contributed by atoms with Gasteiger partial charge in [-0.1, -0.05) is 0 Å². The van der Waals surface area contributed by atoms with Gasteiger partial charge in [-0.05, 0) is 26.7 Å². The number of rotatable bonds is 2. The fourth-order valence-electron chi connectivity index (χ4n) is 2.12. The molecule has 22 heavy (non-hydrogen) atoms. The van der Waals surface area contributed by atoms with Gasteiger partial charge >= 0.3 is 6.18 Å². The molecule has 1 aliphatic carbocycles. The average molecular weight is 339 g/mol. The normalized spacial score (nSPS) is 19.1. The van der Waals surface area contributed by atoms with Crippen molar-refractivity contribution in [1.82, 2.24) is 14.5 Å². The SMILES string of the molecule is Cc1c2c(nn1S(=O)(=O)C1(C)CC1)CNC2.O=CC(F)(F)F. The van der Waals surface area contributed by atoms with Crippen LogP contribution < -0.4 is 5.32 Å². The van der Waals surface area contributed by atoms with Gasteiger partial charge in [0.1, 0.15) is 0 Å². The number of hydrogen-bond acceptors (Lipinski definition) is 5. The maximum absolute atomic E-state index is 12.3. The zero-order valence-electron chi connectivity index (χ0n) is 12.1. The van der Waals surface area contributed by atoms with Crippen LogP contribution in [0.3, 0.4) is 0 Å². The minimum absolute atomic E-state index is 0.578. The van der Waals surface area contributed by atoms with Crippen LogP contribution in [0.5, 0.6) is 0 Å². The maximum atomic E-state index is 12.3. The summed E-state index contributed by atoms with van der Waals surface area (Å²) in [6.07, 6.45) is -4.21. The Balaban J connectivity index is 0.000000254. The first-order chi connectivity index (χ1) is 10.0. The summed E-state index contributed by atoms with van der Waals surface area (Å²) >= 11 is 0. The van der Waals surface area contributed by atoms with Crippen LogP contribution in [0.25, 0.3) is 0 Å². The van der Waals surface area contributed by atoms with E-state index in [1.54, 1.807) is 6.92 Å². The molecule has 3 rings (SSSR count). The van der Waals surface area contributed by atoms with Gasteiger partial charge in [-0.15, -0.1) is 0 Å². The van der Waals surface area contributed by atoms with E-state index in [4.69, 9.17) is 4.79 Å². The van der Waals surface area contributed by atoms with Crippen LogP contribution in [0, 0.1) is 6.92 Å². The van der Waals surface area contributed by atoms with Crippen molar-refractivity contribution in [3.63, 3.8) is 0 Å². The minimum Gasteiger partial charge on any atom is -0.307 e. The smallest absolute Gasteiger partial charge is 0.307 e. The van der Waals surface area contributed by atoms with Crippen LogP contribution in [0.2, 0.25) is 0 Å². The maximum Gasteiger partial charge on any atom is 0.446 e. The Labute approximate surface area is 125 Å². The van der Waals surface area contributed by atoms with Crippen LogP contribution in [0.1, 0.15) is 36.7 Å². The largest absolute Gasteiger partial charge is 0.446 e. The number of hydrogen-bond donors (Lipinski definition) is 1. The highest BCUT2D eigenvalue weighted by atomic mass is 32.2. The molecule has 124 valence electrons. The molecule has 1 aromatic rings. The first-order valence-corrected chi connectivity index (χ1v) is 8.02. The lowest BCUT2D eigenvalue weighted by atomic mass is 10.2. The Bertz CT molecular complexity index is 690. The lowest BCUT2D eigenvalue weighted by Crippen LogP contribution is -2.29. The van der Waals surface area contributed by atoms with Crippen LogP contribution in [-0.2, 0) is 27.9 Å². The van der Waals surface area contributed by atoms with E-state index in [1.165, 1.54) is 4.09 Å². The molecule has 1 fully saturated rings. The Hall–Kier alpha value is -1.42. The topological polar surface area (TPSA) is 81.1 Å². The molecule has 6 nitrogen and oxygen atoms in total. The Morgan fingerprint density at radius 1 is 1.32 bits per heavy atom. The molecule has 0 aromatic carbocycles. The van der Waals surface area contributed by atoms with Gasteiger partial charge < -0.3 is 5.32 Å². The van der Waals surface area contributed by atoms with E-state index in [2.05, 4.69) is 10.4 Å². The fourth-order valence-corrected chi connectivity index (χ4v) is 3.84. The van der Waals surface area contributed by atoms with E-state index in [-0.39, 0.29) is 0 Å². The van der Waals surface area contributed by atoms with Gasteiger partial charge in [0.15, 0.2) is 0 Å². The summed E-state index contributed by atoms with van der Waals surface area (Å²) in [5.74, 6) is 0. The summed E-state index contributed by atoms with van der Waals surface area (Å²) in [5.41, 5.74) is 2.70. The monoisotopic (exact) mass is 339 g/mol. The number of alkyl halides is 3. The number of nitrogens with zero attached hydrogens (tertiary/aromatic N) is 2. The molecular weight excluding hydrogens is 323 g/mol. The molecule has 2 aliphatic rings. The second-order valence-electron chi connectivity index (χ2n) is 5.57. The summed E-state index contributed by atoms with van der Waals surface area (Å²) in [4.78, 5) is 8.70. The second kappa shape index (κ2) is 5.34. The van der Waals surface area contributed by atoms with Crippen LogP contribution >= 0.6 is 0 Å². The van der Waals surface area contributed by atoms with Gasteiger partial charge in [0, 0.05) is 18.7 Å². The predicted molar refractivity (Wildman–Crippen MR) is 71.6 cm³/mol. The van der Waals surface area contributed by atoms with Crippen molar-refractivity contribution in [1.29, 1.82) is 0 Å². The molecule has 2 heterocycles. The second-order valence-corrected chi connectivity index (χ2v) is 7.85. The number of aldehydes is 1. The number of halogens is 3. The molecule has 0 saturated heterocycles. The highest BCUT2D eigenvalue weighted by molar-refractivity contribution is 7.91. The molecule has 1 saturated carbocycles. The summed E-state index contributed by atoms with van der Waals surface area (Å²) in [6, 6.07) is 0. The van der Waals surface area contributed by atoms with Gasteiger partial charge in [-0.2, -0.15) is 22.4 Å². The van der Waals surface area contributed by atoms with E-state index in [0.29, 0.717) is 6.54 Å². The molecule has 1 N–H and O–H groups in total. The molecule has 0 bridgehead atoms. The van der Waals surface area contributed by atoms with Crippen molar-refractivity contribution in [3.05, 3.63) is 17.0 Å². The van der Waals surface area contributed by atoms with Gasteiger partial charge in [0.2, 0.25) is 6.29 Å². The average Bonchev–Trinajstić information content (AvgIpc) is 2.89. The van der Waals surface area contributed by atoms with Gasteiger partial charge in [-0.25, -0.2) is 8.42 Å². The highest BCUT2D eigenvalue weighted by Gasteiger charge is 2.52. The van der Waals surface area contributed by atoms with E-state index in [0.717, 1.165) is 36.3 Å². The van der Waals surface area contributed by atoms with E-state index < -0.39 is 27.2 Å². The van der Waals surface area contributed by atoms with E-state index in [9.17, 15) is 21.6 Å². The van der Waals surface area contributed by atoms with Crippen molar-refractivity contribution in [2.24, 2.45) is 0 Å². The highest BCUT2D eigenvalue weighted by Crippen LogP contribution is 2.44. The molecule has 0 spiro atoms. The first-order valence-electron chi connectivity index (χ1n) is 6.58. The zero-order chi connectivity index (χ0) is 16.8. The molecule has 0 amide bonds. The lowest BCUT2D eigenvalue weighted by Gasteiger charge is -2.12. The minimum atomic E-state index is -4.64. The first kappa shape index (κ1) is 16.9. The standard InChI is InChI=1S/C10H15N3O2S.C2HF3O/c1-7-8-5-11-6-9(8)12-13(7)16(14,15)10(2)3-4-10;3-2(4,5)1-6/h11H,3-6H2,1-2H3;1H. The molecule has 0 atom stereocenters. The number of nitrogens with one attached hydrogen (secondary N) is 1. The third-order valence-corrected chi connectivity index (χ3v) is 6.28. The van der Waals surface area contributed by atoms with E-state index >= 15 is 0 Å². The fraction of sp³-hybridized carbons (Fsp3) is 0.667. The summed E-state index contributed by atoms with van der Waals surface area (Å²) in [5, 5.41) is 7.41. The third kappa shape index (κ3) is 3.02. The van der Waals surface area contributed by atoms with Crippen molar-refractivity contribution in [3.8, 4) is 0 Å². The number of carbonyl (C=O) groups excluding carboxylic acids is 1. The molecule has 0 unspecified atom stereocenters. The Morgan fingerprint density at radius 2 is 1.86 bits per heavy atom. The number of fused-ring (bicyclic) bond motifs is 1. The quantitative estimate of drug-likeness (QED) is 0.821. The van der Waals surface area contributed by atoms with Gasteiger partial charge in [0.25, 0.3) is 10.0 Å². The van der Waals surface area contributed by atoms with Crippen LogP contribution in [-0.4, -0.2) is 34.8 Å². The molecule has 1 aliphatic heterocycles. The Kier molecular flexibility index (Phi) is 4.11. The third-order valence-electron chi connectivity index (χ3n) is 3.82. The summed E-state index contributed by atoms with van der Waals surface area (Å²) in [7, 11) is -3.30. The van der Waals surface area contributed by atoms with Crippen LogP contribution in [0.15, 0.2) is 0 Å².